The monoisotopic (exact) mass is 280 g/mol. The van der Waals surface area contributed by atoms with E-state index >= 15 is 0 Å². The Morgan fingerprint density at radius 2 is 1.74 bits per heavy atom. The van der Waals surface area contributed by atoms with Crippen LogP contribution in [0.15, 0.2) is 29.2 Å². The molecular formula is C15H24N2OS. The smallest absolute Gasteiger partial charge is 0.127 e. The number of rotatable bonds is 3. The van der Waals surface area contributed by atoms with Crippen molar-refractivity contribution < 1.29 is 4.21 Å². The van der Waals surface area contributed by atoms with Crippen LogP contribution in [0.5, 0.6) is 0 Å². The quantitative estimate of drug-likeness (QED) is 0.849. The van der Waals surface area contributed by atoms with Gasteiger partial charge in [0.1, 0.15) is 11.0 Å². The molecule has 0 aromatic heterocycles. The first-order chi connectivity index (χ1) is 9.08. The Morgan fingerprint density at radius 1 is 1.05 bits per heavy atom. The van der Waals surface area contributed by atoms with Crippen molar-refractivity contribution in [2.45, 2.75) is 31.1 Å². The Bertz CT molecular complexity index is 430. The number of likely N-dealkylation sites (N-methyl/N-ethyl adjacent to an activating group) is 1. The molecule has 1 atom stereocenters. The molecule has 3 nitrogen and oxygen atoms in total. The lowest BCUT2D eigenvalue weighted by Crippen LogP contribution is -2.30. The van der Waals surface area contributed by atoms with E-state index in [9.17, 15) is 4.21 Å². The molecule has 1 aromatic rings. The van der Waals surface area contributed by atoms with Crippen molar-refractivity contribution >= 4 is 11.0 Å². The highest BCUT2D eigenvalue weighted by atomic mass is 32.2. The number of hydrogen-bond donors (Lipinski definition) is 0. The van der Waals surface area contributed by atoms with E-state index in [1.54, 1.807) is 0 Å². The van der Waals surface area contributed by atoms with Gasteiger partial charge in [-0.15, -0.1) is 0 Å². The lowest BCUT2D eigenvalue weighted by molar-refractivity contribution is 0.350. The Morgan fingerprint density at radius 3 is 2.37 bits per heavy atom. The summed E-state index contributed by atoms with van der Waals surface area (Å²) >= 11 is 0. The van der Waals surface area contributed by atoms with Crippen LogP contribution in [0.1, 0.15) is 31.7 Å². The first kappa shape index (κ1) is 14.7. The molecule has 1 aliphatic heterocycles. The highest BCUT2D eigenvalue weighted by Crippen LogP contribution is 2.18. The molecule has 1 saturated heterocycles. The maximum atomic E-state index is 12.6. The van der Waals surface area contributed by atoms with Gasteiger partial charge in [-0.25, -0.2) is 8.51 Å². The lowest BCUT2D eigenvalue weighted by Gasteiger charge is -2.19. The minimum Gasteiger partial charge on any atom is -0.305 e. The summed E-state index contributed by atoms with van der Waals surface area (Å²) in [6.07, 6.45) is 1.09. The van der Waals surface area contributed by atoms with Crippen LogP contribution in [0.25, 0.3) is 0 Å². The van der Waals surface area contributed by atoms with Crippen molar-refractivity contribution in [3.05, 3.63) is 29.8 Å². The molecule has 0 aliphatic carbocycles. The highest BCUT2D eigenvalue weighted by molar-refractivity contribution is 7.82. The summed E-state index contributed by atoms with van der Waals surface area (Å²) in [4.78, 5) is 3.23. The zero-order valence-corrected chi connectivity index (χ0v) is 12.9. The third kappa shape index (κ3) is 3.88. The Kier molecular flexibility index (Phi) is 5.13. The minimum atomic E-state index is -1.01. The normalized spacial score (nSPS) is 20.4. The number of benzene rings is 1. The molecule has 0 amide bonds. The second-order valence-corrected chi connectivity index (χ2v) is 7.04. The van der Waals surface area contributed by atoms with Crippen LogP contribution in [0.4, 0.5) is 0 Å². The molecule has 19 heavy (non-hydrogen) atoms. The lowest BCUT2D eigenvalue weighted by atomic mass is 10.0. The Hall–Kier alpha value is -0.710. The van der Waals surface area contributed by atoms with Crippen molar-refractivity contribution in [2.75, 3.05) is 33.2 Å². The van der Waals surface area contributed by atoms with E-state index in [4.69, 9.17) is 0 Å². The summed E-state index contributed by atoms with van der Waals surface area (Å²) in [5, 5.41) is 0. The van der Waals surface area contributed by atoms with Crippen molar-refractivity contribution in [1.82, 2.24) is 9.21 Å². The average molecular weight is 280 g/mol. The van der Waals surface area contributed by atoms with Crippen molar-refractivity contribution in [3.8, 4) is 0 Å². The molecule has 0 N–H and O–H groups in total. The molecular weight excluding hydrogens is 256 g/mol. The van der Waals surface area contributed by atoms with Crippen LogP contribution in [0.3, 0.4) is 0 Å². The van der Waals surface area contributed by atoms with E-state index in [2.05, 4.69) is 42.2 Å². The molecule has 1 aromatic carbocycles. The fourth-order valence-electron chi connectivity index (χ4n) is 2.31. The van der Waals surface area contributed by atoms with Gasteiger partial charge in [-0.3, -0.25) is 0 Å². The zero-order chi connectivity index (χ0) is 13.8. The minimum absolute atomic E-state index is 0.523. The van der Waals surface area contributed by atoms with Crippen molar-refractivity contribution in [3.63, 3.8) is 0 Å². The SMILES string of the molecule is CC(C)c1ccc(S(=O)N2CCCN(C)CC2)cc1. The van der Waals surface area contributed by atoms with E-state index in [-0.39, 0.29) is 0 Å². The van der Waals surface area contributed by atoms with Gasteiger partial charge in [-0.1, -0.05) is 26.0 Å². The molecule has 2 rings (SSSR count). The summed E-state index contributed by atoms with van der Waals surface area (Å²) in [5.41, 5.74) is 1.30. The molecule has 0 saturated carbocycles. The highest BCUT2D eigenvalue weighted by Gasteiger charge is 2.18. The summed E-state index contributed by atoms with van der Waals surface area (Å²) in [7, 11) is 1.12. The van der Waals surface area contributed by atoms with Crippen molar-refractivity contribution in [1.29, 1.82) is 0 Å². The molecule has 0 radical (unpaired) electrons. The molecule has 4 heteroatoms. The van der Waals surface area contributed by atoms with Crippen LogP contribution < -0.4 is 0 Å². The van der Waals surface area contributed by atoms with E-state index < -0.39 is 11.0 Å². The van der Waals surface area contributed by atoms with E-state index in [0.717, 1.165) is 37.5 Å². The van der Waals surface area contributed by atoms with E-state index in [0.29, 0.717) is 5.92 Å². The fourth-order valence-corrected chi connectivity index (χ4v) is 3.52. The van der Waals surface area contributed by atoms with Gasteiger partial charge in [-0.2, -0.15) is 0 Å². The first-order valence-electron chi connectivity index (χ1n) is 7.03. The van der Waals surface area contributed by atoms with Gasteiger partial charge in [-0.05, 0) is 43.6 Å². The predicted octanol–water partition coefficient (Wildman–Crippen LogP) is 2.47. The molecule has 1 aliphatic rings. The van der Waals surface area contributed by atoms with Gasteiger partial charge in [0.05, 0.1) is 4.90 Å². The van der Waals surface area contributed by atoms with Gasteiger partial charge >= 0.3 is 0 Å². The van der Waals surface area contributed by atoms with Gasteiger partial charge in [0, 0.05) is 19.6 Å². The second kappa shape index (κ2) is 6.64. The Labute approximate surface area is 119 Å². The summed E-state index contributed by atoms with van der Waals surface area (Å²) < 4.78 is 14.6. The van der Waals surface area contributed by atoms with Crippen LogP contribution in [-0.2, 0) is 11.0 Å². The van der Waals surface area contributed by atoms with Crippen molar-refractivity contribution in [2.24, 2.45) is 0 Å². The van der Waals surface area contributed by atoms with E-state index in [1.165, 1.54) is 5.56 Å². The Balaban J connectivity index is 2.06. The third-order valence-electron chi connectivity index (χ3n) is 3.66. The van der Waals surface area contributed by atoms with Crippen LogP contribution in [0.2, 0.25) is 0 Å². The molecule has 1 fully saturated rings. The third-order valence-corrected chi connectivity index (χ3v) is 5.17. The maximum Gasteiger partial charge on any atom is 0.127 e. The predicted molar refractivity (Wildman–Crippen MR) is 80.6 cm³/mol. The van der Waals surface area contributed by atoms with Crippen LogP contribution in [-0.4, -0.2) is 46.6 Å². The molecule has 1 unspecified atom stereocenters. The van der Waals surface area contributed by atoms with Gasteiger partial charge in [0.2, 0.25) is 0 Å². The molecule has 1 heterocycles. The largest absolute Gasteiger partial charge is 0.305 e. The molecule has 0 spiro atoms. The van der Waals surface area contributed by atoms with Gasteiger partial charge in [0.25, 0.3) is 0 Å². The zero-order valence-electron chi connectivity index (χ0n) is 12.1. The maximum absolute atomic E-state index is 12.6. The van der Waals surface area contributed by atoms with Gasteiger partial charge in [0.15, 0.2) is 0 Å². The van der Waals surface area contributed by atoms with Crippen LogP contribution in [0, 0.1) is 0 Å². The summed E-state index contributed by atoms with van der Waals surface area (Å²) in [6.45, 7) is 8.25. The summed E-state index contributed by atoms with van der Waals surface area (Å²) in [6, 6.07) is 8.23. The van der Waals surface area contributed by atoms with Crippen LogP contribution >= 0.6 is 0 Å². The molecule has 0 bridgehead atoms. The number of nitrogens with zero attached hydrogens (tertiary/aromatic N) is 2. The standard InChI is InChI=1S/C15H24N2OS/c1-13(2)14-5-7-15(8-6-14)19(18)17-10-4-9-16(3)11-12-17/h5-8,13H,4,9-12H2,1-3H3. The van der Waals surface area contributed by atoms with Gasteiger partial charge < -0.3 is 4.90 Å². The average Bonchev–Trinajstić information content (AvgIpc) is 2.63. The second-order valence-electron chi connectivity index (χ2n) is 5.56. The fraction of sp³-hybridized carbons (Fsp3) is 0.600. The molecule has 106 valence electrons. The number of hydrogen-bond acceptors (Lipinski definition) is 2. The summed E-state index contributed by atoms with van der Waals surface area (Å²) in [5.74, 6) is 0.523. The first-order valence-corrected chi connectivity index (χ1v) is 8.14. The van der Waals surface area contributed by atoms with E-state index in [1.807, 2.05) is 12.1 Å². The topological polar surface area (TPSA) is 23.6 Å².